The summed E-state index contributed by atoms with van der Waals surface area (Å²) >= 11 is 0. The quantitative estimate of drug-likeness (QED) is 0.327. The first kappa shape index (κ1) is 24.2. The van der Waals surface area contributed by atoms with Crippen LogP contribution in [0.1, 0.15) is 58.2 Å². The molecule has 0 saturated heterocycles. The second kappa shape index (κ2) is 6.91. The molecule has 28 heavy (non-hydrogen) atoms. The van der Waals surface area contributed by atoms with E-state index in [1.54, 1.807) is 48.5 Å². The minimum atomic E-state index is -6.62. The van der Waals surface area contributed by atoms with Crippen LogP contribution >= 0.6 is 0 Å². The van der Waals surface area contributed by atoms with E-state index in [-0.39, 0.29) is 11.1 Å². The van der Waals surface area contributed by atoms with Gasteiger partial charge in [0.15, 0.2) is 0 Å². The summed E-state index contributed by atoms with van der Waals surface area (Å²) in [6.45, 7) is 11.7. The van der Waals surface area contributed by atoms with Crippen LogP contribution in [0.4, 0.5) is 30.7 Å². The summed E-state index contributed by atoms with van der Waals surface area (Å²) in [5.41, 5.74) is -0.400. The lowest BCUT2D eigenvalue weighted by atomic mass is 9.78. The van der Waals surface area contributed by atoms with E-state index >= 15 is 0 Å². The van der Waals surface area contributed by atoms with E-state index in [9.17, 15) is 35.5 Å². The van der Waals surface area contributed by atoms with E-state index in [1.807, 2.05) is 0 Å². The van der Waals surface area contributed by atoms with Crippen LogP contribution in [0.2, 0.25) is 0 Å². The minimum absolute atomic E-state index is 0.233. The molecule has 1 aromatic rings. The maximum absolute atomic E-state index is 13.8. The normalized spacial score (nSPS) is 14.2. The van der Waals surface area contributed by atoms with E-state index in [2.05, 4.69) is 4.74 Å². The van der Waals surface area contributed by atoms with Gasteiger partial charge in [-0.2, -0.15) is 30.7 Å². The summed E-state index contributed by atoms with van der Waals surface area (Å²) in [6, 6.07) is 3.02. The molecule has 160 valence electrons. The predicted octanol–water partition coefficient (Wildman–Crippen LogP) is 6.33. The van der Waals surface area contributed by atoms with Crippen molar-refractivity contribution in [2.45, 2.75) is 77.3 Å². The number of rotatable bonds is 3. The van der Waals surface area contributed by atoms with Crippen LogP contribution in [-0.2, 0) is 15.6 Å². The van der Waals surface area contributed by atoms with Crippen molar-refractivity contribution in [1.82, 2.24) is 0 Å². The number of aryl methyl sites for hydroxylation is 1. The molecule has 9 heteroatoms. The third-order valence-corrected chi connectivity index (χ3v) is 4.05. The van der Waals surface area contributed by atoms with Crippen molar-refractivity contribution < 1.29 is 40.3 Å². The van der Waals surface area contributed by atoms with Crippen LogP contribution in [0.3, 0.4) is 0 Å². The van der Waals surface area contributed by atoms with Gasteiger partial charge >= 0.3 is 24.0 Å². The zero-order chi connectivity index (χ0) is 22.5. The zero-order valence-electron chi connectivity index (χ0n) is 16.6. The molecule has 0 unspecified atom stereocenters. The Morgan fingerprint density at radius 2 is 1.14 bits per heavy atom. The molecule has 0 heterocycles. The van der Waals surface area contributed by atoms with Gasteiger partial charge in [0.25, 0.3) is 0 Å². The highest BCUT2D eigenvalue weighted by Gasteiger charge is 2.77. The summed E-state index contributed by atoms with van der Waals surface area (Å²) in [7, 11) is 0. The summed E-state index contributed by atoms with van der Waals surface area (Å²) in [4.78, 5) is 11.8. The van der Waals surface area contributed by atoms with Crippen molar-refractivity contribution in [3.05, 3.63) is 28.8 Å². The highest BCUT2D eigenvalue weighted by molar-refractivity contribution is 5.82. The average Bonchev–Trinajstić information content (AvgIpc) is 2.44. The molecule has 0 aliphatic rings. The fourth-order valence-corrected chi connectivity index (χ4v) is 2.46. The maximum Gasteiger partial charge on any atom is 0.460 e. The van der Waals surface area contributed by atoms with Gasteiger partial charge in [0, 0.05) is 11.1 Å². The van der Waals surface area contributed by atoms with E-state index in [0.29, 0.717) is 5.56 Å². The lowest BCUT2D eigenvalue weighted by Crippen LogP contribution is -2.57. The highest BCUT2D eigenvalue weighted by atomic mass is 19.4. The first-order valence-electron chi connectivity index (χ1n) is 8.34. The van der Waals surface area contributed by atoms with Gasteiger partial charge in [-0.1, -0.05) is 59.2 Å². The van der Waals surface area contributed by atoms with Gasteiger partial charge in [-0.25, -0.2) is 4.79 Å². The number of hydrogen-bond donors (Lipinski definition) is 0. The average molecular weight is 416 g/mol. The van der Waals surface area contributed by atoms with Crippen LogP contribution in [-0.4, -0.2) is 24.0 Å². The van der Waals surface area contributed by atoms with Gasteiger partial charge in [0.1, 0.15) is 5.75 Å². The number of benzene rings is 1. The van der Waals surface area contributed by atoms with Crippen LogP contribution < -0.4 is 4.74 Å². The first-order valence-corrected chi connectivity index (χ1v) is 8.34. The second-order valence-corrected chi connectivity index (χ2v) is 8.73. The summed E-state index contributed by atoms with van der Waals surface area (Å²) in [5.74, 6) is -16.1. The standard InChI is InChI=1S/C19H23F7O2/c1-10-8-11(15(2,3)4)13(12(9-10)16(5,6)7)28-14(27)17(20,21)18(22,23)19(24,25)26/h8-9H,1-7H3. The van der Waals surface area contributed by atoms with Crippen LogP contribution in [0.25, 0.3) is 0 Å². The molecule has 0 bridgehead atoms. The van der Waals surface area contributed by atoms with Crippen molar-refractivity contribution in [1.29, 1.82) is 0 Å². The molecule has 0 spiro atoms. The van der Waals surface area contributed by atoms with Gasteiger partial charge < -0.3 is 4.74 Å². The predicted molar refractivity (Wildman–Crippen MR) is 90.2 cm³/mol. The second-order valence-electron chi connectivity index (χ2n) is 8.73. The molecular weight excluding hydrogens is 393 g/mol. The molecule has 0 amide bonds. The number of alkyl halides is 7. The number of carbonyl (C=O) groups is 1. The molecule has 1 aromatic carbocycles. The van der Waals surface area contributed by atoms with Crippen LogP contribution in [0.5, 0.6) is 5.75 Å². The molecule has 2 nitrogen and oxygen atoms in total. The number of ether oxygens (including phenoxy) is 1. The van der Waals surface area contributed by atoms with E-state index < -0.39 is 40.6 Å². The lowest BCUT2D eigenvalue weighted by Gasteiger charge is -2.31. The Kier molecular flexibility index (Phi) is 5.99. The molecule has 0 atom stereocenters. The van der Waals surface area contributed by atoms with Crippen molar-refractivity contribution in [3.63, 3.8) is 0 Å². The molecule has 0 fully saturated rings. The maximum atomic E-state index is 13.8. The summed E-state index contributed by atoms with van der Waals surface area (Å²) < 4.78 is 95.7. The molecule has 0 saturated carbocycles. The van der Waals surface area contributed by atoms with Gasteiger partial charge in [-0.3, -0.25) is 0 Å². The van der Waals surface area contributed by atoms with Crippen molar-refractivity contribution in [2.24, 2.45) is 0 Å². The third kappa shape index (κ3) is 4.43. The Morgan fingerprint density at radius 3 is 1.43 bits per heavy atom. The third-order valence-electron chi connectivity index (χ3n) is 4.05. The molecule has 0 aromatic heterocycles. The zero-order valence-corrected chi connectivity index (χ0v) is 16.6. The van der Waals surface area contributed by atoms with Gasteiger partial charge in [-0.15, -0.1) is 0 Å². The molecular formula is C19H23F7O2. The Balaban J connectivity index is 3.63. The number of esters is 1. The van der Waals surface area contributed by atoms with Crippen molar-refractivity contribution >= 4 is 5.97 Å². The first-order chi connectivity index (χ1) is 12.1. The van der Waals surface area contributed by atoms with Crippen molar-refractivity contribution in [2.75, 3.05) is 0 Å². The smallest absolute Gasteiger partial charge is 0.421 e. The van der Waals surface area contributed by atoms with E-state index in [0.717, 1.165) is 0 Å². The Bertz CT molecular complexity index is 716. The number of hydrogen-bond acceptors (Lipinski definition) is 2. The van der Waals surface area contributed by atoms with E-state index in [1.165, 1.54) is 12.1 Å². The Hall–Kier alpha value is -1.80. The molecule has 0 N–H and O–H groups in total. The molecule has 1 rings (SSSR count). The summed E-state index contributed by atoms with van der Waals surface area (Å²) in [5, 5.41) is 0. The molecule has 0 radical (unpaired) electrons. The van der Waals surface area contributed by atoms with Gasteiger partial charge in [-0.05, 0) is 17.8 Å². The van der Waals surface area contributed by atoms with E-state index in [4.69, 9.17) is 0 Å². The lowest BCUT2D eigenvalue weighted by molar-refractivity contribution is -0.346. The fraction of sp³-hybridized carbons (Fsp3) is 0.632. The minimum Gasteiger partial charge on any atom is -0.421 e. The number of halogens is 7. The topological polar surface area (TPSA) is 26.3 Å². The van der Waals surface area contributed by atoms with Gasteiger partial charge in [0.2, 0.25) is 0 Å². The summed E-state index contributed by atoms with van der Waals surface area (Å²) in [6.07, 6.45) is -6.62. The monoisotopic (exact) mass is 416 g/mol. The van der Waals surface area contributed by atoms with Crippen molar-refractivity contribution in [3.8, 4) is 5.75 Å². The molecule has 0 aliphatic carbocycles. The van der Waals surface area contributed by atoms with Crippen LogP contribution in [0.15, 0.2) is 12.1 Å². The van der Waals surface area contributed by atoms with Crippen LogP contribution in [0, 0.1) is 6.92 Å². The Morgan fingerprint density at radius 1 is 0.786 bits per heavy atom. The van der Waals surface area contributed by atoms with Gasteiger partial charge in [0.05, 0.1) is 0 Å². The number of carbonyl (C=O) groups excluding carboxylic acids is 1. The fourth-order valence-electron chi connectivity index (χ4n) is 2.46. The largest absolute Gasteiger partial charge is 0.460 e. The highest BCUT2D eigenvalue weighted by Crippen LogP contribution is 2.48. The molecule has 0 aliphatic heterocycles. The Labute approximate surface area is 159 Å². The SMILES string of the molecule is Cc1cc(C(C)(C)C)c(OC(=O)C(F)(F)C(F)(F)C(F)(F)F)c(C(C)(C)C)c1.